The molecule has 0 aliphatic carbocycles. The average molecular weight is 363 g/mol. The third-order valence-electron chi connectivity index (χ3n) is 3.75. The van der Waals surface area contributed by atoms with Gasteiger partial charge in [-0.05, 0) is 36.2 Å². The molecule has 0 saturated heterocycles. The maximum absolute atomic E-state index is 13.6. The third-order valence-corrected chi connectivity index (χ3v) is 4.01. The maximum atomic E-state index is 13.6. The number of hydrogen-bond donors (Lipinski definition) is 2. The van der Waals surface area contributed by atoms with Crippen LogP contribution in [0.1, 0.15) is 29.8 Å². The summed E-state index contributed by atoms with van der Waals surface area (Å²) in [6, 6.07) is 11.9. The van der Waals surface area contributed by atoms with Gasteiger partial charge >= 0.3 is 0 Å². The van der Waals surface area contributed by atoms with Gasteiger partial charge < -0.3 is 10.6 Å². The van der Waals surface area contributed by atoms with Gasteiger partial charge in [-0.3, -0.25) is 9.59 Å². The highest BCUT2D eigenvalue weighted by Gasteiger charge is 2.24. The standard InChI is InChI=1S/C19H20ClFN2O2/c1-12(2)17(23-18(24)13-7-9-15(20)10-8-13)19(25)22-11-14-5-3-4-6-16(14)21/h3-10,12,17H,11H2,1-2H3,(H,22,25)(H,23,24). The minimum atomic E-state index is -0.727. The zero-order chi connectivity index (χ0) is 18.4. The summed E-state index contributed by atoms with van der Waals surface area (Å²) < 4.78 is 13.6. The van der Waals surface area contributed by atoms with Crippen molar-refractivity contribution in [3.63, 3.8) is 0 Å². The van der Waals surface area contributed by atoms with Crippen molar-refractivity contribution >= 4 is 23.4 Å². The Morgan fingerprint density at radius 3 is 2.32 bits per heavy atom. The second kappa shape index (κ2) is 8.62. The van der Waals surface area contributed by atoms with Gasteiger partial charge in [0.1, 0.15) is 11.9 Å². The van der Waals surface area contributed by atoms with Crippen molar-refractivity contribution in [1.82, 2.24) is 10.6 Å². The summed E-state index contributed by atoms with van der Waals surface area (Å²) in [4.78, 5) is 24.7. The van der Waals surface area contributed by atoms with E-state index in [9.17, 15) is 14.0 Å². The molecule has 1 unspecified atom stereocenters. The van der Waals surface area contributed by atoms with Gasteiger partial charge in [-0.15, -0.1) is 0 Å². The monoisotopic (exact) mass is 362 g/mol. The van der Waals surface area contributed by atoms with E-state index in [0.29, 0.717) is 16.1 Å². The van der Waals surface area contributed by atoms with Gasteiger partial charge in [-0.25, -0.2) is 4.39 Å². The van der Waals surface area contributed by atoms with Crippen molar-refractivity contribution in [2.45, 2.75) is 26.4 Å². The number of halogens is 2. The maximum Gasteiger partial charge on any atom is 0.251 e. The van der Waals surface area contributed by atoms with E-state index in [1.54, 1.807) is 42.5 Å². The Hall–Kier alpha value is -2.40. The Morgan fingerprint density at radius 2 is 1.72 bits per heavy atom. The van der Waals surface area contributed by atoms with Crippen molar-refractivity contribution in [3.8, 4) is 0 Å². The first-order valence-corrected chi connectivity index (χ1v) is 8.34. The summed E-state index contributed by atoms with van der Waals surface area (Å²) in [5.74, 6) is -1.23. The second-order valence-corrected chi connectivity index (χ2v) is 6.45. The molecule has 0 aromatic heterocycles. The van der Waals surface area contributed by atoms with Gasteiger partial charge in [-0.2, -0.15) is 0 Å². The van der Waals surface area contributed by atoms with E-state index in [-0.39, 0.29) is 30.1 Å². The predicted octanol–water partition coefficient (Wildman–Crippen LogP) is 3.55. The number of hydrogen-bond acceptors (Lipinski definition) is 2. The van der Waals surface area contributed by atoms with Crippen molar-refractivity contribution in [1.29, 1.82) is 0 Å². The van der Waals surface area contributed by atoms with Crippen molar-refractivity contribution in [3.05, 3.63) is 70.5 Å². The van der Waals surface area contributed by atoms with E-state index in [2.05, 4.69) is 10.6 Å². The highest BCUT2D eigenvalue weighted by molar-refractivity contribution is 6.30. The van der Waals surface area contributed by atoms with Crippen molar-refractivity contribution in [2.24, 2.45) is 5.92 Å². The number of rotatable bonds is 6. The van der Waals surface area contributed by atoms with Gasteiger partial charge in [0, 0.05) is 22.7 Å². The van der Waals surface area contributed by atoms with E-state index in [1.165, 1.54) is 6.07 Å². The average Bonchev–Trinajstić information content (AvgIpc) is 2.58. The lowest BCUT2D eigenvalue weighted by Crippen LogP contribution is -2.49. The van der Waals surface area contributed by atoms with Gasteiger partial charge in [0.15, 0.2) is 0 Å². The molecule has 2 amide bonds. The molecule has 132 valence electrons. The molecule has 0 saturated carbocycles. The molecule has 4 nitrogen and oxygen atoms in total. The van der Waals surface area contributed by atoms with E-state index in [0.717, 1.165) is 0 Å². The van der Waals surface area contributed by atoms with Crippen LogP contribution < -0.4 is 10.6 Å². The summed E-state index contributed by atoms with van der Waals surface area (Å²) in [6.45, 7) is 3.72. The van der Waals surface area contributed by atoms with Crippen LogP contribution in [0.3, 0.4) is 0 Å². The fraction of sp³-hybridized carbons (Fsp3) is 0.263. The molecule has 0 fully saturated rings. The number of benzene rings is 2. The first-order chi connectivity index (χ1) is 11.9. The first-order valence-electron chi connectivity index (χ1n) is 7.96. The van der Waals surface area contributed by atoms with E-state index >= 15 is 0 Å². The van der Waals surface area contributed by atoms with Crippen LogP contribution in [-0.4, -0.2) is 17.9 Å². The van der Waals surface area contributed by atoms with Crippen LogP contribution in [-0.2, 0) is 11.3 Å². The fourth-order valence-corrected chi connectivity index (χ4v) is 2.42. The van der Waals surface area contributed by atoms with Crippen LogP contribution >= 0.6 is 11.6 Å². The molecule has 0 radical (unpaired) electrons. The molecule has 0 aliphatic heterocycles. The Kier molecular flexibility index (Phi) is 6.53. The van der Waals surface area contributed by atoms with Crippen LogP contribution in [0.2, 0.25) is 5.02 Å². The summed E-state index contributed by atoms with van der Waals surface area (Å²) in [5, 5.41) is 5.91. The molecule has 0 heterocycles. The molecular formula is C19H20ClFN2O2. The number of amides is 2. The molecule has 2 N–H and O–H groups in total. The van der Waals surface area contributed by atoms with E-state index in [1.807, 2.05) is 13.8 Å². The number of nitrogens with one attached hydrogen (secondary N) is 2. The van der Waals surface area contributed by atoms with Crippen LogP contribution in [0.4, 0.5) is 4.39 Å². The molecule has 1 atom stereocenters. The lowest BCUT2D eigenvalue weighted by Gasteiger charge is -2.22. The predicted molar refractivity (Wildman–Crippen MR) is 95.8 cm³/mol. The molecule has 6 heteroatoms. The number of carbonyl (C=O) groups excluding carboxylic acids is 2. The largest absolute Gasteiger partial charge is 0.350 e. The Morgan fingerprint density at radius 1 is 1.08 bits per heavy atom. The molecule has 0 spiro atoms. The fourth-order valence-electron chi connectivity index (χ4n) is 2.29. The van der Waals surface area contributed by atoms with Gasteiger partial charge in [-0.1, -0.05) is 43.6 Å². The number of carbonyl (C=O) groups is 2. The molecule has 0 bridgehead atoms. The lowest BCUT2D eigenvalue weighted by molar-refractivity contribution is -0.124. The summed E-state index contributed by atoms with van der Waals surface area (Å²) in [6.07, 6.45) is 0. The first kappa shape index (κ1) is 18.9. The quantitative estimate of drug-likeness (QED) is 0.825. The zero-order valence-corrected chi connectivity index (χ0v) is 14.8. The Labute approximate surface area is 151 Å². The van der Waals surface area contributed by atoms with Crippen LogP contribution in [0.25, 0.3) is 0 Å². The van der Waals surface area contributed by atoms with Crippen molar-refractivity contribution in [2.75, 3.05) is 0 Å². The Balaban J connectivity index is 2.01. The SMILES string of the molecule is CC(C)C(NC(=O)c1ccc(Cl)cc1)C(=O)NCc1ccccc1F. The molecule has 2 rings (SSSR count). The summed E-state index contributed by atoms with van der Waals surface area (Å²) >= 11 is 5.81. The lowest BCUT2D eigenvalue weighted by atomic mass is 10.0. The van der Waals surface area contributed by atoms with Gasteiger partial charge in [0.25, 0.3) is 5.91 Å². The highest BCUT2D eigenvalue weighted by Crippen LogP contribution is 2.11. The molecular weight excluding hydrogens is 343 g/mol. The topological polar surface area (TPSA) is 58.2 Å². The third kappa shape index (κ3) is 5.29. The minimum Gasteiger partial charge on any atom is -0.350 e. The summed E-state index contributed by atoms with van der Waals surface area (Å²) in [5.41, 5.74) is 0.805. The highest BCUT2D eigenvalue weighted by atomic mass is 35.5. The minimum absolute atomic E-state index is 0.0611. The zero-order valence-electron chi connectivity index (χ0n) is 14.1. The smallest absolute Gasteiger partial charge is 0.251 e. The van der Waals surface area contributed by atoms with Crippen LogP contribution in [0.5, 0.6) is 0 Å². The molecule has 2 aromatic carbocycles. The molecule has 25 heavy (non-hydrogen) atoms. The second-order valence-electron chi connectivity index (χ2n) is 6.01. The summed E-state index contributed by atoms with van der Waals surface area (Å²) in [7, 11) is 0. The van der Waals surface area contributed by atoms with Gasteiger partial charge in [0.2, 0.25) is 5.91 Å². The van der Waals surface area contributed by atoms with E-state index < -0.39 is 6.04 Å². The van der Waals surface area contributed by atoms with E-state index in [4.69, 9.17) is 11.6 Å². The molecule has 0 aliphatic rings. The van der Waals surface area contributed by atoms with Crippen LogP contribution in [0, 0.1) is 11.7 Å². The normalized spacial score (nSPS) is 11.9. The van der Waals surface area contributed by atoms with Gasteiger partial charge in [0.05, 0.1) is 0 Å². The molecule has 2 aromatic rings. The Bertz CT molecular complexity index is 747. The van der Waals surface area contributed by atoms with Crippen molar-refractivity contribution < 1.29 is 14.0 Å². The van der Waals surface area contributed by atoms with Crippen LogP contribution in [0.15, 0.2) is 48.5 Å².